The maximum Gasteiger partial charge on any atom is 0.338 e. The van der Waals surface area contributed by atoms with Crippen molar-refractivity contribution >= 4 is 23.4 Å². The molecule has 0 amide bonds. The van der Waals surface area contributed by atoms with Crippen molar-refractivity contribution in [1.82, 2.24) is 0 Å². The highest BCUT2D eigenvalue weighted by atomic mass is 16.5. The lowest BCUT2D eigenvalue weighted by molar-refractivity contribution is -0.135. The van der Waals surface area contributed by atoms with E-state index in [1.54, 1.807) is 6.07 Å². The Balaban J connectivity index is 2.00. The molecular formula is C27H32O3. The first-order valence-corrected chi connectivity index (χ1v) is 10.7. The van der Waals surface area contributed by atoms with E-state index in [-0.39, 0.29) is 16.8 Å². The molecule has 0 atom stereocenters. The maximum absolute atomic E-state index is 13.0. The average molecular weight is 405 g/mol. The van der Waals surface area contributed by atoms with Gasteiger partial charge < -0.3 is 4.74 Å². The fourth-order valence-corrected chi connectivity index (χ4v) is 4.57. The molecule has 30 heavy (non-hydrogen) atoms. The number of hydrogen-bond donors (Lipinski definition) is 0. The average Bonchev–Trinajstić information content (AvgIpc) is 2.74. The summed E-state index contributed by atoms with van der Waals surface area (Å²) in [5, 5.41) is 0. The lowest BCUT2D eigenvalue weighted by atomic mass is 9.72. The Morgan fingerprint density at radius 3 is 2.30 bits per heavy atom. The number of carbonyl (C=O) groups excluding carboxylic acids is 2. The summed E-state index contributed by atoms with van der Waals surface area (Å²) in [6.07, 6.45) is 3.54. The predicted molar refractivity (Wildman–Crippen MR) is 122 cm³/mol. The Labute approximate surface area is 180 Å². The molecule has 1 aliphatic rings. The maximum atomic E-state index is 13.0. The summed E-state index contributed by atoms with van der Waals surface area (Å²) in [6.45, 7) is 12.4. The zero-order valence-corrected chi connectivity index (χ0v) is 19.0. The fourth-order valence-electron chi connectivity index (χ4n) is 4.57. The van der Waals surface area contributed by atoms with Crippen LogP contribution in [0.5, 0.6) is 0 Å². The topological polar surface area (TPSA) is 43.4 Å². The van der Waals surface area contributed by atoms with Gasteiger partial charge in [0.05, 0.1) is 12.2 Å². The van der Waals surface area contributed by atoms with Crippen LogP contribution in [0.4, 0.5) is 0 Å². The Kier molecular flexibility index (Phi) is 6.03. The number of benzene rings is 2. The molecule has 0 radical (unpaired) electrons. The lowest BCUT2D eigenvalue weighted by Gasteiger charge is -2.30. The van der Waals surface area contributed by atoms with Gasteiger partial charge in [-0.3, -0.25) is 4.79 Å². The minimum atomic E-state index is -0.387. The normalized spacial score (nSPS) is 17.8. The van der Waals surface area contributed by atoms with Gasteiger partial charge in [-0.2, -0.15) is 0 Å². The number of allylic oxidation sites excluding steroid dienone is 1. The van der Waals surface area contributed by atoms with Crippen LogP contribution in [0.25, 0.3) is 11.6 Å². The molecule has 3 heteroatoms. The summed E-state index contributed by atoms with van der Waals surface area (Å²) in [6, 6.07) is 14.0. The summed E-state index contributed by atoms with van der Waals surface area (Å²) in [5.41, 5.74) is 5.34. The molecule has 0 N–H and O–H groups in total. The van der Waals surface area contributed by atoms with Gasteiger partial charge in [0, 0.05) is 10.8 Å². The van der Waals surface area contributed by atoms with Gasteiger partial charge in [0.1, 0.15) is 5.78 Å². The molecule has 0 saturated carbocycles. The number of ketones is 1. The van der Waals surface area contributed by atoms with E-state index in [0.717, 1.165) is 29.5 Å². The molecule has 3 nitrogen and oxygen atoms in total. The van der Waals surface area contributed by atoms with Crippen LogP contribution >= 0.6 is 0 Å². The minimum Gasteiger partial charge on any atom is -0.462 e. The number of hydrogen-bond acceptors (Lipinski definition) is 3. The molecule has 0 spiro atoms. The SMILES string of the molecule is CCOC(=O)c1ccccc1C=C(C)c1ccc2c(c1)CC(C)(C)C(=O)C(C)(C)C2. The third kappa shape index (κ3) is 4.40. The summed E-state index contributed by atoms with van der Waals surface area (Å²) in [4.78, 5) is 25.3. The summed E-state index contributed by atoms with van der Waals surface area (Å²) in [5.74, 6) is 0.0185. The predicted octanol–water partition coefficient (Wildman–Crippen LogP) is 6.14. The second-order valence-corrected chi connectivity index (χ2v) is 9.57. The first kappa shape index (κ1) is 22.0. The smallest absolute Gasteiger partial charge is 0.338 e. The van der Waals surface area contributed by atoms with E-state index in [9.17, 15) is 9.59 Å². The van der Waals surface area contributed by atoms with Gasteiger partial charge >= 0.3 is 5.97 Å². The molecule has 0 fully saturated rings. The Bertz CT molecular complexity index is 1010. The van der Waals surface area contributed by atoms with Crippen LogP contribution in [0.15, 0.2) is 42.5 Å². The lowest BCUT2D eigenvalue weighted by Crippen LogP contribution is -2.37. The van der Waals surface area contributed by atoms with E-state index < -0.39 is 0 Å². The van der Waals surface area contributed by atoms with Crippen molar-refractivity contribution in [3.05, 3.63) is 70.3 Å². The minimum absolute atomic E-state index is 0.304. The van der Waals surface area contributed by atoms with Crippen molar-refractivity contribution in [3.63, 3.8) is 0 Å². The van der Waals surface area contributed by atoms with Crippen LogP contribution in [-0.2, 0) is 22.4 Å². The third-order valence-corrected chi connectivity index (χ3v) is 5.98. The number of Topliss-reactive ketones (excluding diaryl/α,β-unsaturated/α-hetero) is 1. The van der Waals surface area contributed by atoms with Gasteiger partial charge in [0.15, 0.2) is 0 Å². The van der Waals surface area contributed by atoms with E-state index >= 15 is 0 Å². The first-order valence-electron chi connectivity index (χ1n) is 10.7. The van der Waals surface area contributed by atoms with E-state index in [0.29, 0.717) is 18.0 Å². The van der Waals surface area contributed by atoms with Crippen molar-refractivity contribution in [3.8, 4) is 0 Å². The van der Waals surface area contributed by atoms with E-state index in [1.807, 2.05) is 31.2 Å². The Hall–Kier alpha value is -2.68. The number of rotatable bonds is 4. The molecular weight excluding hydrogens is 372 g/mol. The standard InChI is InChI=1S/C27H32O3/c1-7-30-24(28)23-11-9-8-10-20(23)14-18(2)19-12-13-21-16-26(3,4)25(29)27(5,6)17-22(21)15-19/h8-15H,7,16-17H2,1-6H3. The van der Waals surface area contributed by atoms with E-state index in [2.05, 4.69) is 52.8 Å². The molecule has 0 aliphatic heterocycles. The molecule has 0 aromatic heterocycles. The van der Waals surface area contributed by atoms with Crippen LogP contribution in [-0.4, -0.2) is 18.4 Å². The first-order chi connectivity index (χ1) is 14.0. The van der Waals surface area contributed by atoms with Gasteiger partial charge in [-0.15, -0.1) is 0 Å². The zero-order valence-electron chi connectivity index (χ0n) is 19.0. The molecule has 0 heterocycles. The van der Waals surface area contributed by atoms with Crippen molar-refractivity contribution in [1.29, 1.82) is 0 Å². The van der Waals surface area contributed by atoms with Crippen LogP contribution in [0.1, 0.15) is 74.2 Å². The second-order valence-electron chi connectivity index (χ2n) is 9.57. The molecule has 2 aromatic carbocycles. The van der Waals surface area contributed by atoms with Gasteiger partial charge in [-0.1, -0.05) is 70.2 Å². The third-order valence-electron chi connectivity index (χ3n) is 5.98. The largest absolute Gasteiger partial charge is 0.462 e. The molecule has 158 valence electrons. The highest BCUT2D eigenvalue weighted by molar-refractivity contribution is 5.96. The van der Waals surface area contributed by atoms with Crippen molar-refractivity contribution in [2.75, 3.05) is 6.61 Å². The van der Waals surface area contributed by atoms with E-state index in [1.165, 1.54) is 11.1 Å². The Morgan fingerprint density at radius 1 is 1.00 bits per heavy atom. The van der Waals surface area contributed by atoms with Crippen molar-refractivity contribution in [2.45, 2.75) is 54.4 Å². The highest BCUT2D eigenvalue weighted by Crippen LogP contribution is 2.40. The zero-order chi connectivity index (χ0) is 22.1. The van der Waals surface area contributed by atoms with Crippen LogP contribution in [0, 0.1) is 10.8 Å². The number of esters is 1. The second kappa shape index (κ2) is 8.22. The van der Waals surface area contributed by atoms with Crippen LogP contribution in [0.3, 0.4) is 0 Å². The quantitative estimate of drug-likeness (QED) is 0.349. The van der Waals surface area contributed by atoms with Gasteiger partial charge in [-0.25, -0.2) is 4.79 Å². The molecule has 0 unspecified atom stereocenters. The number of carbonyl (C=O) groups is 2. The number of fused-ring (bicyclic) bond motifs is 1. The molecule has 0 bridgehead atoms. The molecule has 1 aliphatic carbocycles. The van der Waals surface area contributed by atoms with Gasteiger partial charge in [-0.05, 0) is 60.6 Å². The molecule has 3 rings (SSSR count). The fraction of sp³-hybridized carbons (Fsp3) is 0.407. The molecule has 0 saturated heterocycles. The number of ether oxygens (including phenoxy) is 1. The van der Waals surface area contributed by atoms with Crippen molar-refractivity contribution in [2.24, 2.45) is 10.8 Å². The van der Waals surface area contributed by atoms with Crippen LogP contribution < -0.4 is 0 Å². The van der Waals surface area contributed by atoms with E-state index in [4.69, 9.17) is 4.74 Å². The summed E-state index contributed by atoms with van der Waals surface area (Å²) >= 11 is 0. The van der Waals surface area contributed by atoms with Crippen LogP contribution in [0.2, 0.25) is 0 Å². The summed E-state index contributed by atoms with van der Waals surface area (Å²) < 4.78 is 5.20. The van der Waals surface area contributed by atoms with Gasteiger partial charge in [0.25, 0.3) is 0 Å². The van der Waals surface area contributed by atoms with Gasteiger partial charge in [0.2, 0.25) is 0 Å². The highest BCUT2D eigenvalue weighted by Gasteiger charge is 2.42. The summed E-state index contributed by atoms with van der Waals surface area (Å²) in [7, 11) is 0. The Morgan fingerprint density at radius 2 is 1.63 bits per heavy atom. The monoisotopic (exact) mass is 404 g/mol. The van der Waals surface area contributed by atoms with Crippen molar-refractivity contribution < 1.29 is 14.3 Å². The molecule has 2 aromatic rings.